The highest BCUT2D eigenvalue weighted by Crippen LogP contribution is 2.23. The molecular formula is C15H15BrFN. The van der Waals surface area contributed by atoms with Gasteiger partial charge in [-0.15, -0.1) is 0 Å². The van der Waals surface area contributed by atoms with E-state index in [1.165, 1.54) is 11.6 Å². The van der Waals surface area contributed by atoms with Gasteiger partial charge in [-0.2, -0.15) is 0 Å². The largest absolute Gasteiger partial charge is 0.324 e. The predicted molar refractivity (Wildman–Crippen MR) is 75.8 cm³/mol. The molecule has 0 aliphatic carbocycles. The van der Waals surface area contributed by atoms with E-state index < -0.39 is 0 Å². The molecule has 0 saturated carbocycles. The summed E-state index contributed by atoms with van der Waals surface area (Å²) in [5, 5.41) is 0. The molecule has 3 heteroatoms. The van der Waals surface area contributed by atoms with E-state index in [1.807, 2.05) is 18.2 Å². The van der Waals surface area contributed by atoms with Gasteiger partial charge in [-0.3, -0.25) is 0 Å². The second-order valence-corrected chi connectivity index (χ2v) is 5.21. The summed E-state index contributed by atoms with van der Waals surface area (Å²) in [6.45, 7) is 0. The molecule has 2 aromatic carbocycles. The first-order valence-electron chi connectivity index (χ1n) is 5.91. The minimum atomic E-state index is -0.275. The van der Waals surface area contributed by atoms with E-state index in [0.717, 1.165) is 17.3 Å². The molecule has 1 atom stereocenters. The van der Waals surface area contributed by atoms with Crippen LogP contribution in [0.25, 0.3) is 0 Å². The van der Waals surface area contributed by atoms with Crippen LogP contribution in [0.2, 0.25) is 0 Å². The summed E-state index contributed by atoms with van der Waals surface area (Å²) >= 11 is 3.34. The van der Waals surface area contributed by atoms with Crippen LogP contribution < -0.4 is 5.73 Å². The van der Waals surface area contributed by atoms with Gasteiger partial charge in [-0.25, -0.2) is 4.39 Å². The van der Waals surface area contributed by atoms with Gasteiger partial charge in [-0.05, 0) is 36.6 Å². The molecule has 0 amide bonds. The normalized spacial score (nSPS) is 12.4. The zero-order valence-corrected chi connectivity index (χ0v) is 11.5. The number of hydrogen-bond donors (Lipinski definition) is 1. The van der Waals surface area contributed by atoms with E-state index in [0.29, 0.717) is 5.56 Å². The van der Waals surface area contributed by atoms with Gasteiger partial charge >= 0.3 is 0 Å². The van der Waals surface area contributed by atoms with Crippen molar-refractivity contribution in [1.29, 1.82) is 0 Å². The number of aryl methyl sites for hydroxylation is 1. The van der Waals surface area contributed by atoms with Gasteiger partial charge in [0.15, 0.2) is 0 Å². The summed E-state index contributed by atoms with van der Waals surface area (Å²) in [6, 6.07) is 14.7. The van der Waals surface area contributed by atoms with E-state index in [2.05, 4.69) is 28.1 Å². The lowest BCUT2D eigenvalue weighted by molar-refractivity contribution is 0.563. The van der Waals surface area contributed by atoms with E-state index in [1.54, 1.807) is 12.1 Å². The molecule has 0 radical (unpaired) electrons. The Bertz CT molecular complexity index is 513. The Balaban J connectivity index is 2.03. The third-order valence-electron chi connectivity index (χ3n) is 2.94. The summed E-state index contributed by atoms with van der Waals surface area (Å²) in [5.74, 6) is -0.237. The predicted octanol–water partition coefficient (Wildman–Crippen LogP) is 4.22. The summed E-state index contributed by atoms with van der Waals surface area (Å²) in [5.41, 5.74) is 7.85. The van der Waals surface area contributed by atoms with Crippen molar-refractivity contribution in [2.24, 2.45) is 5.73 Å². The topological polar surface area (TPSA) is 26.0 Å². The molecule has 2 N–H and O–H groups in total. The summed E-state index contributed by atoms with van der Waals surface area (Å²) < 4.78 is 14.5. The van der Waals surface area contributed by atoms with Crippen LogP contribution in [-0.4, -0.2) is 0 Å². The lowest BCUT2D eigenvalue weighted by atomic mass is 9.99. The van der Waals surface area contributed by atoms with Crippen LogP contribution in [0.1, 0.15) is 23.6 Å². The first-order chi connectivity index (χ1) is 8.66. The molecule has 0 fully saturated rings. The van der Waals surface area contributed by atoms with Gasteiger partial charge in [0.25, 0.3) is 0 Å². The molecule has 0 aliphatic heterocycles. The zero-order valence-electron chi connectivity index (χ0n) is 9.94. The zero-order chi connectivity index (χ0) is 13.0. The highest BCUT2D eigenvalue weighted by molar-refractivity contribution is 9.10. The average molecular weight is 308 g/mol. The van der Waals surface area contributed by atoms with Gasteiger partial charge in [0.2, 0.25) is 0 Å². The van der Waals surface area contributed by atoms with Crippen molar-refractivity contribution >= 4 is 15.9 Å². The smallest absolute Gasteiger partial charge is 0.128 e. The Labute approximate surface area is 115 Å². The minimum absolute atomic E-state index is 0.237. The second kappa shape index (κ2) is 6.12. The standard InChI is InChI=1S/C15H15BrFN/c16-12-7-8-14(17)13(10-12)15(18)9-6-11-4-2-1-3-5-11/h1-5,7-8,10,15H,6,9,18H2. The van der Waals surface area contributed by atoms with E-state index >= 15 is 0 Å². The molecule has 0 aliphatic rings. The fourth-order valence-electron chi connectivity index (χ4n) is 1.92. The number of benzene rings is 2. The molecular weight excluding hydrogens is 293 g/mol. The monoisotopic (exact) mass is 307 g/mol. The highest BCUT2D eigenvalue weighted by Gasteiger charge is 2.11. The lowest BCUT2D eigenvalue weighted by Gasteiger charge is -2.13. The van der Waals surface area contributed by atoms with Crippen molar-refractivity contribution < 1.29 is 4.39 Å². The molecule has 0 spiro atoms. The number of nitrogens with two attached hydrogens (primary N) is 1. The van der Waals surface area contributed by atoms with Crippen LogP contribution in [0, 0.1) is 5.82 Å². The Hall–Kier alpha value is -1.19. The molecule has 0 heterocycles. The minimum Gasteiger partial charge on any atom is -0.324 e. The van der Waals surface area contributed by atoms with E-state index in [-0.39, 0.29) is 11.9 Å². The molecule has 2 aromatic rings. The van der Waals surface area contributed by atoms with Crippen LogP contribution in [-0.2, 0) is 6.42 Å². The number of hydrogen-bond acceptors (Lipinski definition) is 1. The number of rotatable bonds is 4. The molecule has 1 nitrogen and oxygen atoms in total. The van der Waals surface area contributed by atoms with Crippen LogP contribution in [0.15, 0.2) is 53.0 Å². The molecule has 1 unspecified atom stereocenters. The Kier molecular flexibility index (Phi) is 4.50. The third kappa shape index (κ3) is 3.40. The summed E-state index contributed by atoms with van der Waals surface area (Å²) in [6.07, 6.45) is 1.59. The fraction of sp³-hybridized carbons (Fsp3) is 0.200. The maximum atomic E-state index is 13.6. The van der Waals surface area contributed by atoms with Gasteiger partial charge in [0.05, 0.1) is 0 Å². The summed E-state index contributed by atoms with van der Waals surface area (Å²) in [7, 11) is 0. The van der Waals surface area contributed by atoms with E-state index in [4.69, 9.17) is 5.73 Å². The molecule has 0 saturated heterocycles. The maximum Gasteiger partial charge on any atom is 0.128 e. The maximum absolute atomic E-state index is 13.6. The van der Waals surface area contributed by atoms with Gasteiger partial charge in [0, 0.05) is 16.1 Å². The molecule has 0 aromatic heterocycles. The van der Waals surface area contributed by atoms with Crippen molar-refractivity contribution in [3.8, 4) is 0 Å². The SMILES string of the molecule is NC(CCc1ccccc1)c1cc(Br)ccc1F. The van der Waals surface area contributed by atoms with Gasteiger partial charge in [0.1, 0.15) is 5.82 Å². The van der Waals surface area contributed by atoms with Crippen molar-refractivity contribution in [2.75, 3.05) is 0 Å². The Morgan fingerprint density at radius 2 is 1.83 bits per heavy atom. The second-order valence-electron chi connectivity index (χ2n) is 4.30. The van der Waals surface area contributed by atoms with Gasteiger partial charge in [-0.1, -0.05) is 46.3 Å². The van der Waals surface area contributed by atoms with Crippen LogP contribution in [0.3, 0.4) is 0 Å². The van der Waals surface area contributed by atoms with Gasteiger partial charge < -0.3 is 5.73 Å². The first kappa shape index (κ1) is 13.2. The summed E-state index contributed by atoms with van der Waals surface area (Å²) in [4.78, 5) is 0. The fourth-order valence-corrected chi connectivity index (χ4v) is 2.30. The van der Waals surface area contributed by atoms with Crippen LogP contribution in [0.5, 0.6) is 0 Å². The van der Waals surface area contributed by atoms with Crippen molar-refractivity contribution in [2.45, 2.75) is 18.9 Å². The van der Waals surface area contributed by atoms with Crippen LogP contribution in [0.4, 0.5) is 4.39 Å². The Morgan fingerprint density at radius 3 is 2.56 bits per heavy atom. The third-order valence-corrected chi connectivity index (χ3v) is 3.44. The van der Waals surface area contributed by atoms with Crippen molar-refractivity contribution in [3.05, 3.63) is 69.9 Å². The van der Waals surface area contributed by atoms with Crippen molar-refractivity contribution in [3.63, 3.8) is 0 Å². The Morgan fingerprint density at radius 1 is 1.11 bits per heavy atom. The van der Waals surface area contributed by atoms with Crippen LogP contribution >= 0.6 is 15.9 Å². The number of halogens is 2. The average Bonchev–Trinajstić information content (AvgIpc) is 2.40. The van der Waals surface area contributed by atoms with Crippen molar-refractivity contribution in [1.82, 2.24) is 0 Å². The molecule has 2 rings (SSSR count). The highest BCUT2D eigenvalue weighted by atomic mass is 79.9. The quantitative estimate of drug-likeness (QED) is 0.899. The molecule has 18 heavy (non-hydrogen) atoms. The molecule has 94 valence electrons. The first-order valence-corrected chi connectivity index (χ1v) is 6.70. The van der Waals surface area contributed by atoms with E-state index in [9.17, 15) is 4.39 Å². The lowest BCUT2D eigenvalue weighted by Crippen LogP contribution is -2.13. The molecule has 0 bridgehead atoms.